The van der Waals surface area contributed by atoms with E-state index in [9.17, 15) is 9.59 Å². The molecule has 0 radical (unpaired) electrons. The van der Waals surface area contributed by atoms with Gasteiger partial charge in [0.2, 0.25) is 0 Å². The monoisotopic (exact) mass is 577 g/mol. The number of benzene rings is 2. The molecule has 0 atom stereocenters. The Morgan fingerprint density at radius 2 is 0.905 bits per heavy atom. The molecular formula is C37H55NO4. The summed E-state index contributed by atoms with van der Waals surface area (Å²) < 4.78 is 12.3. The molecule has 2 aromatic rings. The number of hydrogen-bond donors (Lipinski definition) is 0. The van der Waals surface area contributed by atoms with Gasteiger partial charge in [-0.3, -0.25) is 14.5 Å². The maximum atomic E-state index is 13.0. The molecule has 2 aromatic carbocycles. The molecule has 1 heterocycles. The first kappa shape index (κ1) is 33.7. The number of unbranched alkanes of at least 4 members (excludes halogenated alkanes) is 16. The highest BCUT2D eigenvalue weighted by atomic mass is 16.5. The fourth-order valence-electron chi connectivity index (χ4n) is 5.66. The third-order valence-corrected chi connectivity index (χ3v) is 8.19. The minimum Gasteiger partial charge on any atom is -0.493 e. The lowest BCUT2D eigenvalue weighted by Crippen LogP contribution is -2.29. The number of nitrogens with zero attached hydrogens (tertiary/aromatic N) is 1. The number of hydrogen-bond acceptors (Lipinski definition) is 4. The highest BCUT2D eigenvalue weighted by Crippen LogP contribution is 2.28. The summed E-state index contributed by atoms with van der Waals surface area (Å²) in [4.78, 5) is 27.3. The molecule has 232 valence electrons. The van der Waals surface area contributed by atoms with E-state index in [1.165, 1.54) is 108 Å². The van der Waals surface area contributed by atoms with Gasteiger partial charge in [-0.15, -0.1) is 0 Å². The predicted molar refractivity (Wildman–Crippen MR) is 173 cm³/mol. The summed E-state index contributed by atoms with van der Waals surface area (Å²) in [5.41, 5.74) is 1.79. The average molecular weight is 578 g/mol. The first-order valence-corrected chi connectivity index (χ1v) is 17.0. The van der Waals surface area contributed by atoms with E-state index in [2.05, 4.69) is 13.8 Å². The fraction of sp³-hybridized carbons (Fsp3) is 0.622. The van der Waals surface area contributed by atoms with Crippen molar-refractivity contribution in [3.63, 3.8) is 0 Å². The van der Waals surface area contributed by atoms with E-state index in [1.54, 1.807) is 24.3 Å². The van der Waals surface area contributed by atoms with Crippen LogP contribution in [0.5, 0.6) is 11.5 Å². The van der Waals surface area contributed by atoms with Gasteiger partial charge in [0.15, 0.2) is 0 Å². The Kier molecular flexibility index (Phi) is 16.2. The standard InChI is InChI=1S/C37H55NO4/c1-3-5-7-9-11-13-15-17-21-25-41-32-27-31(30-38-36(39)34-23-19-20-24-35(34)37(38)40)28-33(29-32)42-26-22-18-16-14-12-10-8-6-4-2/h19-20,23-24,27-29H,3-18,21-22,25-26,30H2,1-2H3. The van der Waals surface area contributed by atoms with Crippen LogP contribution in [0.15, 0.2) is 42.5 Å². The smallest absolute Gasteiger partial charge is 0.261 e. The Hall–Kier alpha value is -2.82. The van der Waals surface area contributed by atoms with Crippen molar-refractivity contribution in [1.29, 1.82) is 0 Å². The molecule has 3 rings (SSSR count). The van der Waals surface area contributed by atoms with Crippen molar-refractivity contribution in [2.75, 3.05) is 13.2 Å². The number of carbonyl (C=O) groups is 2. The summed E-state index contributed by atoms with van der Waals surface area (Å²) in [7, 11) is 0. The van der Waals surface area contributed by atoms with Gasteiger partial charge in [0.25, 0.3) is 11.8 Å². The third kappa shape index (κ3) is 11.8. The highest BCUT2D eigenvalue weighted by molar-refractivity contribution is 6.21. The van der Waals surface area contributed by atoms with Crippen molar-refractivity contribution in [3.8, 4) is 11.5 Å². The van der Waals surface area contributed by atoms with E-state index in [-0.39, 0.29) is 18.4 Å². The summed E-state index contributed by atoms with van der Waals surface area (Å²) in [6.45, 7) is 6.03. The van der Waals surface area contributed by atoms with Crippen molar-refractivity contribution in [2.45, 2.75) is 136 Å². The van der Waals surface area contributed by atoms with Crippen LogP contribution in [0.25, 0.3) is 0 Å². The molecule has 2 amide bonds. The van der Waals surface area contributed by atoms with E-state index in [4.69, 9.17) is 9.47 Å². The van der Waals surface area contributed by atoms with Crippen molar-refractivity contribution < 1.29 is 19.1 Å². The number of imide groups is 1. The Morgan fingerprint density at radius 1 is 0.524 bits per heavy atom. The zero-order valence-electron chi connectivity index (χ0n) is 26.5. The maximum absolute atomic E-state index is 13.0. The van der Waals surface area contributed by atoms with E-state index in [1.807, 2.05) is 18.2 Å². The molecule has 0 aromatic heterocycles. The summed E-state index contributed by atoms with van der Waals surface area (Å²) in [6, 6.07) is 12.9. The minimum atomic E-state index is -0.242. The molecule has 0 spiro atoms. The highest BCUT2D eigenvalue weighted by Gasteiger charge is 2.35. The normalized spacial score (nSPS) is 12.7. The van der Waals surface area contributed by atoms with Crippen LogP contribution < -0.4 is 9.47 Å². The Balaban J connectivity index is 1.49. The van der Waals surface area contributed by atoms with Crippen LogP contribution in [0.1, 0.15) is 156 Å². The quantitative estimate of drug-likeness (QED) is 0.0920. The van der Waals surface area contributed by atoms with Gasteiger partial charge in [0.05, 0.1) is 30.9 Å². The Bertz CT molecular complexity index is 988. The first-order valence-electron chi connectivity index (χ1n) is 17.0. The van der Waals surface area contributed by atoms with Crippen LogP contribution >= 0.6 is 0 Å². The summed E-state index contributed by atoms with van der Waals surface area (Å²) in [5.74, 6) is 0.999. The van der Waals surface area contributed by atoms with E-state index in [0.29, 0.717) is 24.3 Å². The van der Waals surface area contributed by atoms with E-state index in [0.717, 1.165) is 29.9 Å². The number of carbonyl (C=O) groups excluding carboxylic acids is 2. The van der Waals surface area contributed by atoms with Crippen LogP contribution in [0.3, 0.4) is 0 Å². The van der Waals surface area contributed by atoms with Crippen LogP contribution in [-0.2, 0) is 6.54 Å². The molecule has 0 N–H and O–H groups in total. The van der Waals surface area contributed by atoms with Gasteiger partial charge in [-0.25, -0.2) is 0 Å². The SMILES string of the molecule is CCCCCCCCCCCOc1cc(CN2C(=O)c3ccccc3C2=O)cc(OCCCCCCCCCCC)c1. The third-order valence-electron chi connectivity index (χ3n) is 8.19. The van der Waals surface area contributed by atoms with Crippen LogP contribution in [0, 0.1) is 0 Å². The van der Waals surface area contributed by atoms with Gasteiger partial charge in [-0.2, -0.15) is 0 Å². The summed E-state index contributed by atoms with van der Waals surface area (Å²) in [6.07, 6.45) is 22.9. The van der Waals surface area contributed by atoms with Crippen LogP contribution in [0.2, 0.25) is 0 Å². The average Bonchev–Trinajstić information content (AvgIpc) is 3.24. The zero-order chi connectivity index (χ0) is 29.8. The Morgan fingerprint density at radius 3 is 1.31 bits per heavy atom. The number of ether oxygens (including phenoxy) is 2. The summed E-state index contributed by atoms with van der Waals surface area (Å²) >= 11 is 0. The van der Waals surface area contributed by atoms with Crippen molar-refractivity contribution in [1.82, 2.24) is 4.90 Å². The van der Waals surface area contributed by atoms with Gasteiger partial charge in [0.1, 0.15) is 11.5 Å². The topological polar surface area (TPSA) is 55.8 Å². The molecule has 0 fully saturated rings. The molecule has 1 aliphatic rings. The van der Waals surface area contributed by atoms with Gasteiger partial charge in [-0.1, -0.05) is 129 Å². The van der Waals surface area contributed by atoms with E-state index >= 15 is 0 Å². The molecule has 0 bridgehead atoms. The Labute approximate surface area is 255 Å². The van der Waals surface area contributed by atoms with Crippen LogP contribution in [0.4, 0.5) is 0 Å². The number of amides is 2. The largest absolute Gasteiger partial charge is 0.493 e. The first-order chi connectivity index (χ1) is 20.6. The molecule has 0 unspecified atom stereocenters. The van der Waals surface area contributed by atoms with Crippen molar-refractivity contribution in [2.24, 2.45) is 0 Å². The fourth-order valence-corrected chi connectivity index (χ4v) is 5.66. The lowest BCUT2D eigenvalue weighted by atomic mass is 10.1. The maximum Gasteiger partial charge on any atom is 0.261 e. The molecule has 5 nitrogen and oxygen atoms in total. The molecule has 0 aliphatic carbocycles. The van der Waals surface area contributed by atoms with Crippen molar-refractivity contribution >= 4 is 11.8 Å². The van der Waals surface area contributed by atoms with Crippen molar-refractivity contribution in [3.05, 3.63) is 59.2 Å². The molecule has 42 heavy (non-hydrogen) atoms. The van der Waals surface area contributed by atoms with Crippen LogP contribution in [-0.4, -0.2) is 29.9 Å². The number of fused-ring (bicyclic) bond motifs is 1. The predicted octanol–water partition coefficient (Wildman–Crippen LogP) is 10.3. The second kappa shape index (κ2) is 20.1. The van der Waals surface area contributed by atoms with Gasteiger partial charge in [0, 0.05) is 6.07 Å². The molecular weight excluding hydrogens is 522 g/mol. The molecule has 0 saturated heterocycles. The lowest BCUT2D eigenvalue weighted by molar-refractivity contribution is 0.0642. The summed E-state index contributed by atoms with van der Waals surface area (Å²) in [5, 5.41) is 0. The number of rotatable bonds is 24. The van der Waals surface area contributed by atoms with Gasteiger partial charge in [-0.05, 0) is 42.7 Å². The van der Waals surface area contributed by atoms with E-state index < -0.39 is 0 Å². The lowest BCUT2D eigenvalue weighted by Gasteiger charge is -2.17. The van der Waals surface area contributed by atoms with Gasteiger partial charge >= 0.3 is 0 Å². The zero-order valence-corrected chi connectivity index (χ0v) is 26.5. The molecule has 0 saturated carbocycles. The minimum absolute atomic E-state index is 0.204. The second-order valence-electron chi connectivity index (χ2n) is 11.9. The molecule has 5 heteroatoms. The van der Waals surface area contributed by atoms with Gasteiger partial charge < -0.3 is 9.47 Å². The molecule has 1 aliphatic heterocycles. The second-order valence-corrected chi connectivity index (χ2v) is 11.9.